The van der Waals surface area contributed by atoms with Crippen molar-refractivity contribution < 1.29 is 13.2 Å². The molecule has 2 rings (SSSR count). The van der Waals surface area contributed by atoms with Crippen molar-refractivity contribution in [1.82, 2.24) is 9.62 Å². The van der Waals surface area contributed by atoms with Gasteiger partial charge in [-0.3, -0.25) is 4.79 Å². The number of amides is 1. The summed E-state index contributed by atoms with van der Waals surface area (Å²) in [5.74, 6) is -0.295. The van der Waals surface area contributed by atoms with Crippen LogP contribution in [0.25, 0.3) is 0 Å². The molecule has 0 saturated heterocycles. The van der Waals surface area contributed by atoms with Crippen LogP contribution >= 0.6 is 0 Å². The Balaban J connectivity index is 2.18. The highest BCUT2D eigenvalue weighted by Gasteiger charge is 2.23. The zero-order valence-electron chi connectivity index (χ0n) is 15.0. The Morgan fingerprint density at radius 1 is 1.04 bits per heavy atom. The van der Waals surface area contributed by atoms with Gasteiger partial charge in [0.05, 0.1) is 4.90 Å². The van der Waals surface area contributed by atoms with Crippen LogP contribution in [-0.2, 0) is 16.4 Å². The summed E-state index contributed by atoms with van der Waals surface area (Å²) < 4.78 is 25.6. The lowest BCUT2D eigenvalue weighted by molar-refractivity contribution is 0.0913. The third-order valence-electron chi connectivity index (χ3n) is 3.82. The standard InChI is InChI=1S/C19H24N2O3S/c1-19(2,14-15-9-6-5-7-10-15)20-18(22)16-11-8-12-17(13-16)25(23,24)21(3)4/h5-13H,14H2,1-4H3,(H,20,22). The molecule has 0 spiro atoms. The van der Waals surface area contributed by atoms with E-state index in [4.69, 9.17) is 0 Å². The lowest BCUT2D eigenvalue weighted by Gasteiger charge is -2.26. The van der Waals surface area contributed by atoms with E-state index in [0.717, 1.165) is 9.87 Å². The number of carbonyl (C=O) groups excluding carboxylic acids is 1. The number of rotatable bonds is 6. The van der Waals surface area contributed by atoms with Crippen molar-refractivity contribution in [3.05, 3.63) is 65.7 Å². The van der Waals surface area contributed by atoms with Crippen molar-refractivity contribution in [2.45, 2.75) is 30.7 Å². The van der Waals surface area contributed by atoms with E-state index < -0.39 is 15.6 Å². The smallest absolute Gasteiger partial charge is 0.251 e. The van der Waals surface area contributed by atoms with E-state index in [2.05, 4.69) is 5.32 Å². The predicted molar refractivity (Wildman–Crippen MR) is 99.0 cm³/mol. The first kappa shape index (κ1) is 19.1. The van der Waals surface area contributed by atoms with Gasteiger partial charge in [-0.15, -0.1) is 0 Å². The molecular weight excluding hydrogens is 336 g/mol. The number of hydrogen-bond donors (Lipinski definition) is 1. The van der Waals surface area contributed by atoms with E-state index in [1.165, 1.54) is 26.2 Å². The highest BCUT2D eigenvalue weighted by atomic mass is 32.2. The molecule has 0 saturated carbocycles. The quantitative estimate of drug-likeness (QED) is 0.861. The Morgan fingerprint density at radius 3 is 2.28 bits per heavy atom. The molecule has 0 aliphatic carbocycles. The fraction of sp³-hybridized carbons (Fsp3) is 0.316. The number of benzene rings is 2. The Morgan fingerprint density at radius 2 is 1.68 bits per heavy atom. The summed E-state index contributed by atoms with van der Waals surface area (Å²) in [6.45, 7) is 3.89. The van der Waals surface area contributed by atoms with Crippen molar-refractivity contribution in [3.63, 3.8) is 0 Å². The van der Waals surface area contributed by atoms with Gasteiger partial charge < -0.3 is 5.32 Å². The van der Waals surface area contributed by atoms with Gasteiger partial charge in [0.25, 0.3) is 5.91 Å². The highest BCUT2D eigenvalue weighted by molar-refractivity contribution is 7.89. The van der Waals surface area contributed by atoms with Crippen molar-refractivity contribution in [3.8, 4) is 0 Å². The molecule has 6 heteroatoms. The lowest BCUT2D eigenvalue weighted by atomic mass is 9.94. The zero-order chi connectivity index (χ0) is 18.7. The summed E-state index contributed by atoms with van der Waals surface area (Å²) in [5.41, 5.74) is 0.982. The molecule has 0 heterocycles. The normalized spacial score (nSPS) is 12.2. The second-order valence-electron chi connectivity index (χ2n) is 6.82. The maximum atomic E-state index is 12.6. The largest absolute Gasteiger partial charge is 0.347 e. The highest BCUT2D eigenvalue weighted by Crippen LogP contribution is 2.17. The minimum atomic E-state index is -3.57. The van der Waals surface area contributed by atoms with Crippen LogP contribution in [0.5, 0.6) is 0 Å². The molecule has 0 aromatic heterocycles. The van der Waals surface area contributed by atoms with Crippen molar-refractivity contribution >= 4 is 15.9 Å². The monoisotopic (exact) mass is 360 g/mol. The third kappa shape index (κ3) is 4.90. The third-order valence-corrected chi connectivity index (χ3v) is 5.63. The van der Waals surface area contributed by atoms with E-state index >= 15 is 0 Å². The average molecular weight is 360 g/mol. The first-order chi connectivity index (χ1) is 11.6. The van der Waals surface area contributed by atoms with Gasteiger partial charge >= 0.3 is 0 Å². The number of nitrogens with zero attached hydrogens (tertiary/aromatic N) is 1. The Kier molecular flexibility index (Phi) is 5.65. The topological polar surface area (TPSA) is 66.5 Å². The van der Waals surface area contributed by atoms with Gasteiger partial charge in [0.1, 0.15) is 0 Å². The summed E-state index contributed by atoms with van der Waals surface area (Å²) in [6, 6.07) is 16.0. The van der Waals surface area contributed by atoms with Gasteiger partial charge in [-0.2, -0.15) is 0 Å². The second kappa shape index (κ2) is 7.37. The summed E-state index contributed by atoms with van der Waals surface area (Å²) in [6.07, 6.45) is 0.676. The second-order valence-corrected chi connectivity index (χ2v) is 8.97. The number of nitrogens with one attached hydrogen (secondary N) is 1. The van der Waals surface area contributed by atoms with Crippen LogP contribution in [0.1, 0.15) is 29.8 Å². The SMILES string of the molecule is CN(C)S(=O)(=O)c1cccc(C(=O)NC(C)(C)Cc2ccccc2)c1. The fourth-order valence-electron chi connectivity index (χ4n) is 2.54. The number of sulfonamides is 1. The fourth-order valence-corrected chi connectivity index (χ4v) is 3.49. The maximum absolute atomic E-state index is 12.6. The molecule has 1 N–H and O–H groups in total. The lowest BCUT2D eigenvalue weighted by Crippen LogP contribution is -2.45. The van der Waals surface area contributed by atoms with Crippen LogP contribution in [0.4, 0.5) is 0 Å². The summed E-state index contributed by atoms with van der Waals surface area (Å²) in [5, 5.41) is 2.98. The van der Waals surface area contributed by atoms with E-state index in [-0.39, 0.29) is 10.8 Å². The van der Waals surface area contributed by atoms with E-state index in [1.54, 1.807) is 12.1 Å². The molecule has 0 fully saturated rings. The van der Waals surface area contributed by atoms with Gasteiger partial charge in [0.2, 0.25) is 10.0 Å². The van der Waals surface area contributed by atoms with Crippen LogP contribution in [0.15, 0.2) is 59.5 Å². The molecule has 5 nitrogen and oxygen atoms in total. The number of hydrogen-bond acceptors (Lipinski definition) is 3. The molecular formula is C19H24N2O3S. The molecule has 134 valence electrons. The molecule has 1 amide bonds. The predicted octanol–water partition coefficient (Wildman–Crippen LogP) is 2.69. The zero-order valence-corrected chi connectivity index (χ0v) is 15.8. The van der Waals surface area contributed by atoms with Crippen LogP contribution < -0.4 is 5.32 Å². The average Bonchev–Trinajstić information content (AvgIpc) is 2.54. The van der Waals surface area contributed by atoms with Crippen LogP contribution in [-0.4, -0.2) is 38.3 Å². The van der Waals surface area contributed by atoms with E-state index in [1.807, 2.05) is 44.2 Å². The molecule has 0 unspecified atom stereocenters. The van der Waals surface area contributed by atoms with Crippen molar-refractivity contribution in [2.75, 3.05) is 14.1 Å². The van der Waals surface area contributed by atoms with Crippen LogP contribution in [0.3, 0.4) is 0 Å². The molecule has 0 aliphatic heterocycles. The van der Waals surface area contributed by atoms with Gasteiger partial charge in [0, 0.05) is 25.2 Å². The molecule has 0 aliphatic rings. The van der Waals surface area contributed by atoms with Gasteiger partial charge in [0.15, 0.2) is 0 Å². The summed E-state index contributed by atoms with van der Waals surface area (Å²) in [4.78, 5) is 12.7. The van der Waals surface area contributed by atoms with Crippen molar-refractivity contribution in [2.24, 2.45) is 0 Å². The molecule has 0 atom stereocenters. The Hall–Kier alpha value is -2.18. The maximum Gasteiger partial charge on any atom is 0.251 e. The molecule has 0 radical (unpaired) electrons. The molecule has 2 aromatic carbocycles. The van der Waals surface area contributed by atoms with Crippen LogP contribution in [0.2, 0.25) is 0 Å². The molecule has 25 heavy (non-hydrogen) atoms. The first-order valence-electron chi connectivity index (χ1n) is 8.01. The van der Waals surface area contributed by atoms with Gasteiger partial charge in [-0.05, 0) is 44.0 Å². The van der Waals surface area contributed by atoms with Crippen LogP contribution in [0, 0.1) is 0 Å². The van der Waals surface area contributed by atoms with Gasteiger partial charge in [-0.1, -0.05) is 36.4 Å². The first-order valence-corrected chi connectivity index (χ1v) is 9.45. The van der Waals surface area contributed by atoms with Gasteiger partial charge in [-0.25, -0.2) is 12.7 Å². The Bertz CT molecular complexity index is 844. The molecule has 0 bridgehead atoms. The minimum absolute atomic E-state index is 0.103. The van der Waals surface area contributed by atoms with Crippen molar-refractivity contribution in [1.29, 1.82) is 0 Å². The summed E-state index contributed by atoms with van der Waals surface area (Å²) >= 11 is 0. The number of carbonyl (C=O) groups is 1. The molecule has 2 aromatic rings. The van der Waals surface area contributed by atoms with E-state index in [0.29, 0.717) is 12.0 Å². The minimum Gasteiger partial charge on any atom is -0.347 e. The Labute approximate surface area is 149 Å². The van der Waals surface area contributed by atoms with E-state index in [9.17, 15) is 13.2 Å². The summed E-state index contributed by atoms with van der Waals surface area (Å²) in [7, 11) is -0.645.